The minimum absolute atomic E-state index is 0.0983. The Kier molecular flexibility index (Phi) is 2.94. The van der Waals surface area contributed by atoms with Crippen LogP contribution in [0.3, 0.4) is 0 Å². The fourth-order valence-corrected chi connectivity index (χ4v) is 3.05. The quantitative estimate of drug-likeness (QED) is 0.864. The maximum atomic E-state index is 12.7. The van der Waals surface area contributed by atoms with Gasteiger partial charge in [0.1, 0.15) is 6.54 Å². The number of Topliss-reactive ketones (excluding diaryl/α,β-unsaturated/α-hetero) is 1. The summed E-state index contributed by atoms with van der Waals surface area (Å²) in [5.41, 5.74) is 2.77. The number of carbonyl (C=O) groups is 2. The minimum Gasteiger partial charge on any atom is -0.480 e. The molecule has 0 atom stereocenters. The van der Waals surface area contributed by atoms with E-state index in [2.05, 4.69) is 0 Å². The lowest BCUT2D eigenvalue weighted by molar-refractivity contribution is -0.135. The Morgan fingerprint density at radius 3 is 2.65 bits per heavy atom. The van der Waals surface area contributed by atoms with Crippen molar-refractivity contribution in [2.45, 2.75) is 6.42 Å². The second kappa shape index (κ2) is 4.98. The van der Waals surface area contributed by atoms with Gasteiger partial charge in [0.05, 0.1) is 11.3 Å². The number of nitrogens with zero attached hydrogens (tertiary/aromatic N) is 1. The van der Waals surface area contributed by atoms with Crippen LogP contribution in [0.2, 0.25) is 0 Å². The van der Waals surface area contributed by atoms with Gasteiger partial charge in [-0.3, -0.25) is 14.5 Å². The molecule has 0 spiro atoms. The standard InChI is InChI=1S/C18H13NO4/c20-16(21)10-19-14-7-3-4-8-15(14)23-18(19)13-9-11-5-1-2-6-12(11)17(13)22/h1-8H,9-10H2,(H,20,21)/b18-13-. The zero-order valence-corrected chi connectivity index (χ0v) is 12.2. The van der Waals surface area contributed by atoms with Crippen LogP contribution in [-0.4, -0.2) is 23.4 Å². The number of carboxylic acids is 1. The Morgan fingerprint density at radius 1 is 1.13 bits per heavy atom. The molecule has 1 aliphatic carbocycles. The highest BCUT2D eigenvalue weighted by molar-refractivity contribution is 6.14. The van der Waals surface area contributed by atoms with Crippen LogP contribution in [-0.2, 0) is 11.2 Å². The van der Waals surface area contributed by atoms with Crippen molar-refractivity contribution < 1.29 is 19.4 Å². The number of para-hydroxylation sites is 2. The predicted octanol–water partition coefficient (Wildman–Crippen LogP) is 2.62. The van der Waals surface area contributed by atoms with Gasteiger partial charge < -0.3 is 9.84 Å². The fourth-order valence-electron chi connectivity index (χ4n) is 3.05. The maximum Gasteiger partial charge on any atom is 0.323 e. The van der Waals surface area contributed by atoms with Crippen LogP contribution in [0.15, 0.2) is 60.0 Å². The summed E-state index contributed by atoms with van der Waals surface area (Å²) in [6.07, 6.45) is 0.453. The topological polar surface area (TPSA) is 66.8 Å². The molecule has 2 aliphatic rings. The summed E-state index contributed by atoms with van der Waals surface area (Å²) < 4.78 is 5.83. The summed E-state index contributed by atoms with van der Waals surface area (Å²) in [4.78, 5) is 25.4. The number of carboxylic acid groups (broad SMARTS) is 1. The summed E-state index contributed by atoms with van der Waals surface area (Å²) in [6.45, 7) is -0.251. The average molecular weight is 307 g/mol. The van der Waals surface area contributed by atoms with E-state index in [-0.39, 0.29) is 12.3 Å². The van der Waals surface area contributed by atoms with Crippen LogP contribution in [0.25, 0.3) is 0 Å². The van der Waals surface area contributed by atoms with Crippen molar-refractivity contribution in [1.29, 1.82) is 0 Å². The molecule has 114 valence electrons. The number of rotatable bonds is 2. The van der Waals surface area contributed by atoms with Gasteiger partial charge in [-0.2, -0.15) is 0 Å². The summed E-state index contributed by atoms with van der Waals surface area (Å²) >= 11 is 0. The first kappa shape index (κ1) is 13.6. The second-order valence-electron chi connectivity index (χ2n) is 5.50. The van der Waals surface area contributed by atoms with Gasteiger partial charge in [0.25, 0.3) is 0 Å². The monoisotopic (exact) mass is 307 g/mol. The average Bonchev–Trinajstić information content (AvgIpc) is 3.06. The smallest absolute Gasteiger partial charge is 0.323 e. The van der Waals surface area contributed by atoms with Crippen LogP contribution in [0.4, 0.5) is 5.69 Å². The third-order valence-electron chi connectivity index (χ3n) is 4.06. The first-order valence-electron chi connectivity index (χ1n) is 7.27. The molecule has 2 aromatic carbocycles. The van der Waals surface area contributed by atoms with Crippen molar-refractivity contribution in [2.24, 2.45) is 0 Å². The van der Waals surface area contributed by atoms with E-state index in [9.17, 15) is 14.7 Å². The molecule has 1 N–H and O–H groups in total. The molecule has 1 aliphatic heterocycles. The van der Waals surface area contributed by atoms with Crippen LogP contribution >= 0.6 is 0 Å². The number of aliphatic carboxylic acids is 1. The number of ketones is 1. The zero-order chi connectivity index (χ0) is 16.0. The summed E-state index contributed by atoms with van der Waals surface area (Å²) in [5, 5.41) is 9.19. The minimum atomic E-state index is -0.980. The van der Waals surface area contributed by atoms with Gasteiger partial charge in [0, 0.05) is 12.0 Å². The van der Waals surface area contributed by atoms with Crippen molar-refractivity contribution in [3.05, 3.63) is 71.1 Å². The van der Waals surface area contributed by atoms with E-state index in [0.29, 0.717) is 34.9 Å². The van der Waals surface area contributed by atoms with Crippen molar-refractivity contribution in [3.8, 4) is 5.75 Å². The van der Waals surface area contributed by atoms with Gasteiger partial charge in [-0.05, 0) is 17.7 Å². The number of hydrogen-bond donors (Lipinski definition) is 1. The molecular formula is C18H13NO4. The SMILES string of the molecule is O=C(O)CN1/C(=C2\Cc3ccccc3C2=O)Oc2ccccc21. The summed E-state index contributed by atoms with van der Waals surface area (Å²) in [7, 11) is 0. The first-order valence-corrected chi connectivity index (χ1v) is 7.27. The van der Waals surface area contributed by atoms with Gasteiger partial charge in [0.15, 0.2) is 11.5 Å². The normalized spacial score (nSPS) is 18.6. The number of benzene rings is 2. The van der Waals surface area contributed by atoms with Crippen LogP contribution in [0.1, 0.15) is 15.9 Å². The second-order valence-corrected chi connectivity index (χ2v) is 5.50. The number of allylic oxidation sites excluding steroid dienone is 1. The van der Waals surface area contributed by atoms with Gasteiger partial charge in [-0.15, -0.1) is 0 Å². The molecule has 0 saturated heterocycles. The lowest BCUT2D eigenvalue weighted by Crippen LogP contribution is -2.29. The Bertz CT molecular complexity index is 869. The van der Waals surface area contributed by atoms with Gasteiger partial charge in [-0.1, -0.05) is 36.4 Å². The van der Waals surface area contributed by atoms with E-state index in [1.807, 2.05) is 30.3 Å². The highest BCUT2D eigenvalue weighted by Crippen LogP contribution is 2.41. The molecule has 5 nitrogen and oxygen atoms in total. The summed E-state index contributed by atoms with van der Waals surface area (Å²) in [5.74, 6) is -0.181. The largest absolute Gasteiger partial charge is 0.480 e. The Balaban J connectivity index is 1.83. The first-order chi connectivity index (χ1) is 11.1. The molecule has 2 aromatic rings. The third kappa shape index (κ3) is 2.09. The number of hydrogen-bond acceptors (Lipinski definition) is 4. The molecule has 23 heavy (non-hydrogen) atoms. The van der Waals surface area contributed by atoms with Crippen LogP contribution in [0, 0.1) is 0 Å². The molecule has 0 amide bonds. The predicted molar refractivity (Wildman–Crippen MR) is 83.6 cm³/mol. The number of anilines is 1. The molecule has 4 rings (SSSR count). The van der Waals surface area contributed by atoms with Gasteiger partial charge >= 0.3 is 5.97 Å². The Morgan fingerprint density at radius 2 is 1.87 bits per heavy atom. The van der Waals surface area contributed by atoms with E-state index in [0.717, 1.165) is 5.56 Å². The number of ether oxygens (including phenoxy) is 1. The molecule has 0 unspecified atom stereocenters. The maximum absolute atomic E-state index is 12.7. The van der Waals surface area contributed by atoms with Crippen LogP contribution < -0.4 is 9.64 Å². The zero-order valence-electron chi connectivity index (χ0n) is 12.2. The van der Waals surface area contributed by atoms with Crippen molar-refractivity contribution in [3.63, 3.8) is 0 Å². The molecule has 5 heteroatoms. The molecule has 0 saturated carbocycles. The molecular weight excluding hydrogens is 294 g/mol. The van der Waals surface area contributed by atoms with Crippen LogP contribution in [0.5, 0.6) is 5.75 Å². The summed E-state index contributed by atoms with van der Waals surface area (Å²) in [6, 6.07) is 14.6. The Hall–Kier alpha value is -3.08. The lowest BCUT2D eigenvalue weighted by Gasteiger charge is -2.17. The van der Waals surface area contributed by atoms with Crippen molar-refractivity contribution in [2.75, 3.05) is 11.4 Å². The number of fused-ring (bicyclic) bond motifs is 2. The van der Waals surface area contributed by atoms with Crippen molar-refractivity contribution >= 4 is 17.4 Å². The molecule has 0 bridgehead atoms. The molecule has 0 fully saturated rings. The van der Waals surface area contributed by atoms with E-state index in [4.69, 9.17) is 4.74 Å². The van der Waals surface area contributed by atoms with E-state index >= 15 is 0 Å². The van der Waals surface area contributed by atoms with Gasteiger partial charge in [0.2, 0.25) is 5.88 Å². The van der Waals surface area contributed by atoms with E-state index in [1.54, 1.807) is 23.1 Å². The lowest BCUT2D eigenvalue weighted by atomic mass is 10.1. The Labute approximate surface area is 132 Å². The molecule has 0 aromatic heterocycles. The van der Waals surface area contributed by atoms with Gasteiger partial charge in [-0.25, -0.2) is 0 Å². The van der Waals surface area contributed by atoms with E-state index in [1.165, 1.54) is 0 Å². The molecule has 1 heterocycles. The highest BCUT2D eigenvalue weighted by atomic mass is 16.5. The van der Waals surface area contributed by atoms with E-state index < -0.39 is 5.97 Å². The molecule has 0 radical (unpaired) electrons. The highest BCUT2D eigenvalue weighted by Gasteiger charge is 2.36. The fraction of sp³-hybridized carbons (Fsp3) is 0.111. The third-order valence-corrected chi connectivity index (χ3v) is 4.06. The van der Waals surface area contributed by atoms with Crippen molar-refractivity contribution in [1.82, 2.24) is 0 Å². The number of carbonyl (C=O) groups excluding carboxylic acids is 1.